The van der Waals surface area contributed by atoms with Gasteiger partial charge in [-0.1, -0.05) is 24.3 Å². The third-order valence-electron chi connectivity index (χ3n) is 3.56. The molecule has 0 spiro atoms. The molecule has 25 heavy (non-hydrogen) atoms. The van der Waals surface area contributed by atoms with E-state index in [2.05, 4.69) is 5.32 Å². The van der Waals surface area contributed by atoms with Crippen molar-refractivity contribution in [2.45, 2.75) is 13.5 Å². The predicted octanol–water partition coefficient (Wildman–Crippen LogP) is 3.43. The largest absolute Gasteiger partial charge is 0.496 e. The predicted molar refractivity (Wildman–Crippen MR) is 98.0 cm³/mol. The molecule has 5 heteroatoms. The SMILES string of the molecule is CCOc1ccc(/C=C/C(=O)NCc2ccccc2OC)cc1OC. The van der Waals surface area contributed by atoms with Gasteiger partial charge in [-0.25, -0.2) is 0 Å². The molecule has 0 unspecified atom stereocenters. The maximum Gasteiger partial charge on any atom is 0.244 e. The van der Waals surface area contributed by atoms with Crippen molar-refractivity contribution < 1.29 is 19.0 Å². The minimum absolute atomic E-state index is 0.182. The molecule has 5 nitrogen and oxygen atoms in total. The summed E-state index contributed by atoms with van der Waals surface area (Å²) in [5.74, 6) is 1.89. The van der Waals surface area contributed by atoms with E-state index in [1.165, 1.54) is 6.08 Å². The molecule has 2 rings (SSSR count). The van der Waals surface area contributed by atoms with E-state index >= 15 is 0 Å². The van der Waals surface area contributed by atoms with Crippen LogP contribution in [0.2, 0.25) is 0 Å². The molecule has 132 valence electrons. The molecular weight excluding hydrogens is 318 g/mol. The van der Waals surface area contributed by atoms with Crippen molar-refractivity contribution >= 4 is 12.0 Å². The zero-order valence-electron chi connectivity index (χ0n) is 14.7. The Morgan fingerprint density at radius 1 is 1.04 bits per heavy atom. The number of hydrogen-bond acceptors (Lipinski definition) is 4. The van der Waals surface area contributed by atoms with Gasteiger partial charge in [0.15, 0.2) is 11.5 Å². The van der Waals surface area contributed by atoms with Crippen molar-refractivity contribution in [3.05, 3.63) is 59.7 Å². The summed E-state index contributed by atoms with van der Waals surface area (Å²) in [4.78, 5) is 12.0. The van der Waals surface area contributed by atoms with Crippen LogP contribution in [0.15, 0.2) is 48.5 Å². The lowest BCUT2D eigenvalue weighted by atomic mass is 10.2. The van der Waals surface area contributed by atoms with E-state index in [1.807, 2.05) is 49.4 Å². The van der Waals surface area contributed by atoms with Crippen molar-refractivity contribution in [1.82, 2.24) is 5.32 Å². The Hall–Kier alpha value is -2.95. The minimum Gasteiger partial charge on any atom is -0.496 e. The van der Waals surface area contributed by atoms with Crippen molar-refractivity contribution in [2.24, 2.45) is 0 Å². The summed E-state index contributed by atoms with van der Waals surface area (Å²) in [5.41, 5.74) is 1.78. The van der Waals surface area contributed by atoms with Crippen LogP contribution in [0.4, 0.5) is 0 Å². The van der Waals surface area contributed by atoms with Gasteiger partial charge in [-0.15, -0.1) is 0 Å². The third-order valence-corrected chi connectivity index (χ3v) is 3.56. The van der Waals surface area contributed by atoms with Gasteiger partial charge in [0.25, 0.3) is 0 Å². The Morgan fingerprint density at radius 2 is 1.80 bits per heavy atom. The molecule has 0 heterocycles. The first kappa shape index (κ1) is 18.4. The van der Waals surface area contributed by atoms with Gasteiger partial charge in [0.1, 0.15) is 5.75 Å². The number of carbonyl (C=O) groups excluding carboxylic acids is 1. The van der Waals surface area contributed by atoms with Crippen LogP contribution in [-0.2, 0) is 11.3 Å². The van der Waals surface area contributed by atoms with E-state index in [1.54, 1.807) is 20.3 Å². The highest BCUT2D eigenvalue weighted by molar-refractivity contribution is 5.91. The second-order valence-electron chi connectivity index (χ2n) is 5.21. The molecule has 2 aromatic carbocycles. The number of nitrogens with one attached hydrogen (secondary N) is 1. The number of rotatable bonds is 8. The van der Waals surface area contributed by atoms with Crippen molar-refractivity contribution in [1.29, 1.82) is 0 Å². The lowest BCUT2D eigenvalue weighted by molar-refractivity contribution is -0.116. The highest BCUT2D eigenvalue weighted by Gasteiger charge is 2.05. The lowest BCUT2D eigenvalue weighted by Crippen LogP contribution is -2.20. The van der Waals surface area contributed by atoms with Crippen LogP contribution in [0.1, 0.15) is 18.1 Å². The maximum absolute atomic E-state index is 12.0. The summed E-state index contributed by atoms with van der Waals surface area (Å²) in [5, 5.41) is 2.84. The highest BCUT2D eigenvalue weighted by atomic mass is 16.5. The number of para-hydroxylation sites is 1. The van der Waals surface area contributed by atoms with E-state index in [4.69, 9.17) is 14.2 Å². The molecule has 0 atom stereocenters. The molecule has 0 aromatic heterocycles. The third kappa shape index (κ3) is 5.28. The van der Waals surface area contributed by atoms with Gasteiger partial charge in [0.2, 0.25) is 5.91 Å². The fourth-order valence-corrected chi connectivity index (χ4v) is 2.32. The van der Waals surface area contributed by atoms with Crippen LogP contribution in [0, 0.1) is 0 Å². The first-order valence-electron chi connectivity index (χ1n) is 8.06. The molecule has 0 radical (unpaired) electrons. The molecule has 1 amide bonds. The molecule has 0 fully saturated rings. The van der Waals surface area contributed by atoms with E-state index in [0.717, 1.165) is 16.9 Å². The van der Waals surface area contributed by atoms with E-state index < -0.39 is 0 Å². The van der Waals surface area contributed by atoms with Gasteiger partial charge in [0.05, 0.1) is 20.8 Å². The highest BCUT2D eigenvalue weighted by Crippen LogP contribution is 2.28. The minimum atomic E-state index is -0.182. The average Bonchev–Trinajstić information content (AvgIpc) is 2.65. The van der Waals surface area contributed by atoms with Crippen molar-refractivity contribution in [3.63, 3.8) is 0 Å². The van der Waals surface area contributed by atoms with Crippen LogP contribution in [-0.4, -0.2) is 26.7 Å². The summed E-state index contributed by atoms with van der Waals surface area (Å²) < 4.78 is 16.0. The molecule has 0 saturated heterocycles. The summed E-state index contributed by atoms with van der Waals surface area (Å²) in [6, 6.07) is 13.1. The quantitative estimate of drug-likeness (QED) is 0.748. The molecular formula is C20H23NO4. The maximum atomic E-state index is 12.0. The first-order chi connectivity index (χ1) is 12.2. The Kier molecular flexibility index (Phi) is 6.89. The van der Waals surface area contributed by atoms with Crippen molar-refractivity contribution in [3.8, 4) is 17.2 Å². The van der Waals surface area contributed by atoms with Gasteiger partial charge in [-0.3, -0.25) is 4.79 Å². The molecule has 0 saturated carbocycles. The number of amides is 1. The molecule has 1 N–H and O–H groups in total. The Bertz CT molecular complexity index is 740. The van der Waals surface area contributed by atoms with E-state index in [0.29, 0.717) is 24.7 Å². The van der Waals surface area contributed by atoms with Gasteiger partial charge in [0, 0.05) is 18.2 Å². The number of carbonyl (C=O) groups is 1. The number of methoxy groups -OCH3 is 2. The van der Waals surface area contributed by atoms with Crippen LogP contribution in [0.3, 0.4) is 0 Å². The van der Waals surface area contributed by atoms with Gasteiger partial charge in [-0.05, 0) is 36.8 Å². The summed E-state index contributed by atoms with van der Waals surface area (Å²) in [6.07, 6.45) is 3.22. The molecule has 0 aliphatic heterocycles. The number of ether oxygens (including phenoxy) is 3. The normalized spacial score (nSPS) is 10.5. The second-order valence-corrected chi connectivity index (χ2v) is 5.21. The van der Waals surface area contributed by atoms with Crippen LogP contribution in [0.5, 0.6) is 17.2 Å². The van der Waals surface area contributed by atoms with Crippen LogP contribution >= 0.6 is 0 Å². The topological polar surface area (TPSA) is 56.8 Å². The molecule has 0 aliphatic rings. The van der Waals surface area contributed by atoms with Gasteiger partial charge >= 0.3 is 0 Å². The van der Waals surface area contributed by atoms with Crippen LogP contribution < -0.4 is 19.5 Å². The van der Waals surface area contributed by atoms with Crippen LogP contribution in [0.25, 0.3) is 6.08 Å². The van der Waals surface area contributed by atoms with Gasteiger partial charge < -0.3 is 19.5 Å². The fraction of sp³-hybridized carbons (Fsp3) is 0.250. The standard InChI is InChI=1S/C20H23NO4/c1-4-25-18-11-9-15(13-19(18)24-3)10-12-20(22)21-14-16-7-5-6-8-17(16)23-2/h5-13H,4,14H2,1-3H3,(H,21,22)/b12-10+. The van der Waals surface area contributed by atoms with Gasteiger partial charge in [-0.2, -0.15) is 0 Å². The molecule has 2 aromatic rings. The zero-order chi connectivity index (χ0) is 18.1. The summed E-state index contributed by atoms with van der Waals surface area (Å²) in [7, 11) is 3.20. The zero-order valence-corrected chi connectivity index (χ0v) is 14.7. The molecule has 0 bridgehead atoms. The van der Waals surface area contributed by atoms with Crippen molar-refractivity contribution in [2.75, 3.05) is 20.8 Å². The van der Waals surface area contributed by atoms with E-state index in [9.17, 15) is 4.79 Å². The Labute approximate surface area is 148 Å². The monoisotopic (exact) mass is 341 g/mol. The Balaban J connectivity index is 1.98. The Morgan fingerprint density at radius 3 is 2.52 bits per heavy atom. The molecule has 0 aliphatic carbocycles. The lowest BCUT2D eigenvalue weighted by Gasteiger charge is -2.09. The summed E-state index contributed by atoms with van der Waals surface area (Å²) in [6.45, 7) is 2.88. The average molecular weight is 341 g/mol. The fourth-order valence-electron chi connectivity index (χ4n) is 2.32. The number of hydrogen-bond donors (Lipinski definition) is 1. The number of benzene rings is 2. The second kappa shape index (κ2) is 9.37. The first-order valence-corrected chi connectivity index (χ1v) is 8.06. The summed E-state index contributed by atoms with van der Waals surface area (Å²) >= 11 is 0. The van der Waals surface area contributed by atoms with E-state index in [-0.39, 0.29) is 5.91 Å². The smallest absolute Gasteiger partial charge is 0.244 e.